The van der Waals surface area contributed by atoms with Crippen molar-refractivity contribution in [2.45, 2.75) is 58.2 Å². The second-order valence-corrected chi connectivity index (χ2v) is 7.28. The summed E-state index contributed by atoms with van der Waals surface area (Å²) in [5, 5.41) is 0. The maximum absolute atomic E-state index is 12.6. The molecule has 2 fully saturated rings. The Morgan fingerprint density at radius 1 is 1.33 bits per heavy atom. The van der Waals surface area contributed by atoms with Gasteiger partial charge in [-0.15, -0.1) is 0 Å². The molecule has 5 nitrogen and oxygen atoms in total. The molecule has 1 saturated heterocycles. The van der Waals surface area contributed by atoms with E-state index in [-0.39, 0.29) is 29.0 Å². The minimum Gasteiger partial charge on any atom is -0.466 e. The zero-order chi connectivity index (χ0) is 15.4. The van der Waals surface area contributed by atoms with Gasteiger partial charge in [0.1, 0.15) is 6.10 Å². The van der Waals surface area contributed by atoms with Gasteiger partial charge < -0.3 is 14.4 Å². The Balaban J connectivity index is 2.00. The smallest absolute Gasteiger partial charge is 0.335 e. The Morgan fingerprint density at radius 3 is 2.52 bits per heavy atom. The van der Waals surface area contributed by atoms with Crippen LogP contribution in [0.5, 0.6) is 0 Å². The molecular weight excluding hydrogens is 270 g/mol. The summed E-state index contributed by atoms with van der Waals surface area (Å²) < 4.78 is 11.0. The summed E-state index contributed by atoms with van der Waals surface area (Å²) in [7, 11) is 1.39. The van der Waals surface area contributed by atoms with E-state index in [0.717, 1.165) is 25.0 Å². The molecule has 0 bridgehead atoms. The molecule has 3 aliphatic rings. The lowest BCUT2D eigenvalue weighted by Gasteiger charge is -2.34. The summed E-state index contributed by atoms with van der Waals surface area (Å²) in [6.45, 7) is 6.60. The second-order valence-electron chi connectivity index (χ2n) is 7.28. The Kier molecular flexibility index (Phi) is 3.17. The third kappa shape index (κ3) is 2.37. The van der Waals surface area contributed by atoms with E-state index in [4.69, 9.17) is 9.47 Å². The molecule has 0 aromatic carbocycles. The standard InChI is InChI=1S/C16H23NO4/c1-15(2,3)21-11-5-8-17-12(11)10(13(18)20-4)9-16(6-7-16)14(17)19/h11H,5-9H2,1-4H3/t11-/m0/s1. The Hall–Kier alpha value is -1.36. The molecule has 1 saturated carbocycles. The third-order valence-corrected chi connectivity index (χ3v) is 4.52. The van der Waals surface area contributed by atoms with Crippen LogP contribution >= 0.6 is 0 Å². The van der Waals surface area contributed by atoms with E-state index in [2.05, 4.69) is 0 Å². The van der Waals surface area contributed by atoms with Crippen LogP contribution in [-0.4, -0.2) is 42.1 Å². The minimum absolute atomic E-state index is 0.171. The van der Waals surface area contributed by atoms with Crippen molar-refractivity contribution >= 4 is 11.9 Å². The number of amides is 1. The van der Waals surface area contributed by atoms with Crippen LogP contribution in [0.4, 0.5) is 0 Å². The first-order valence-electron chi connectivity index (χ1n) is 7.59. The molecule has 1 spiro atoms. The largest absolute Gasteiger partial charge is 0.466 e. The number of rotatable bonds is 2. The van der Waals surface area contributed by atoms with Crippen LogP contribution in [-0.2, 0) is 19.1 Å². The highest BCUT2D eigenvalue weighted by Gasteiger charge is 2.58. The van der Waals surface area contributed by atoms with Crippen molar-refractivity contribution in [2.75, 3.05) is 13.7 Å². The van der Waals surface area contributed by atoms with E-state index < -0.39 is 0 Å². The lowest BCUT2D eigenvalue weighted by Crippen LogP contribution is -2.42. The number of carbonyl (C=O) groups is 2. The molecule has 0 aromatic heterocycles. The van der Waals surface area contributed by atoms with Gasteiger partial charge in [-0.1, -0.05) is 0 Å². The summed E-state index contributed by atoms with van der Waals surface area (Å²) in [6.07, 6.45) is 2.81. The van der Waals surface area contributed by atoms with Gasteiger partial charge >= 0.3 is 5.97 Å². The van der Waals surface area contributed by atoms with E-state index >= 15 is 0 Å². The number of methoxy groups -OCH3 is 1. The molecule has 5 heteroatoms. The quantitative estimate of drug-likeness (QED) is 0.731. The highest BCUT2D eigenvalue weighted by molar-refractivity contribution is 5.97. The normalized spacial score (nSPS) is 27.1. The molecule has 116 valence electrons. The lowest BCUT2D eigenvalue weighted by atomic mass is 9.88. The van der Waals surface area contributed by atoms with Gasteiger partial charge in [0, 0.05) is 6.54 Å². The molecule has 0 unspecified atom stereocenters. The van der Waals surface area contributed by atoms with Crippen molar-refractivity contribution in [3.05, 3.63) is 11.3 Å². The van der Waals surface area contributed by atoms with Crippen LogP contribution in [0, 0.1) is 5.41 Å². The lowest BCUT2D eigenvalue weighted by molar-refractivity contribution is -0.140. The maximum atomic E-state index is 12.6. The fraction of sp³-hybridized carbons (Fsp3) is 0.750. The van der Waals surface area contributed by atoms with Crippen molar-refractivity contribution in [3.8, 4) is 0 Å². The van der Waals surface area contributed by atoms with Gasteiger partial charge in [0.2, 0.25) is 5.91 Å². The van der Waals surface area contributed by atoms with Crippen LogP contribution in [0.1, 0.15) is 46.5 Å². The molecule has 1 amide bonds. The van der Waals surface area contributed by atoms with Crippen molar-refractivity contribution in [3.63, 3.8) is 0 Å². The SMILES string of the molecule is COC(=O)C1=C2[C@@H](OC(C)(C)C)CCN2C(=O)C2(CC2)C1. The molecule has 1 aliphatic carbocycles. The molecule has 1 atom stereocenters. The van der Waals surface area contributed by atoms with Crippen LogP contribution in [0.15, 0.2) is 11.3 Å². The first kappa shape index (κ1) is 14.6. The van der Waals surface area contributed by atoms with E-state index in [1.165, 1.54) is 7.11 Å². The third-order valence-electron chi connectivity index (χ3n) is 4.52. The highest BCUT2D eigenvalue weighted by atomic mass is 16.5. The first-order chi connectivity index (χ1) is 9.77. The summed E-state index contributed by atoms with van der Waals surface area (Å²) >= 11 is 0. The summed E-state index contributed by atoms with van der Waals surface area (Å²) in [6, 6.07) is 0. The number of hydrogen-bond acceptors (Lipinski definition) is 4. The number of ether oxygens (including phenoxy) is 2. The monoisotopic (exact) mass is 293 g/mol. The Morgan fingerprint density at radius 2 is 2.00 bits per heavy atom. The van der Waals surface area contributed by atoms with Gasteiger partial charge in [-0.25, -0.2) is 4.79 Å². The Bertz CT molecular complexity index is 525. The van der Waals surface area contributed by atoms with E-state index in [0.29, 0.717) is 18.5 Å². The fourth-order valence-electron chi connectivity index (χ4n) is 3.42. The Labute approximate surface area is 125 Å². The van der Waals surface area contributed by atoms with Gasteiger partial charge in [-0.05, 0) is 46.5 Å². The average molecular weight is 293 g/mol. The molecular formula is C16H23NO4. The highest BCUT2D eigenvalue weighted by Crippen LogP contribution is 2.57. The number of nitrogens with zero attached hydrogens (tertiary/aromatic N) is 1. The fourth-order valence-corrected chi connectivity index (χ4v) is 3.42. The first-order valence-corrected chi connectivity index (χ1v) is 7.59. The zero-order valence-electron chi connectivity index (χ0n) is 13.2. The van der Waals surface area contributed by atoms with Crippen molar-refractivity contribution in [1.29, 1.82) is 0 Å². The van der Waals surface area contributed by atoms with E-state index in [1.807, 2.05) is 20.8 Å². The van der Waals surface area contributed by atoms with Gasteiger partial charge in [-0.3, -0.25) is 4.79 Å². The molecule has 2 aliphatic heterocycles. The predicted octanol–water partition coefficient (Wildman–Crippen LogP) is 2.01. The van der Waals surface area contributed by atoms with Gasteiger partial charge in [0.25, 0.3) is 0 Å². The van der Waals surface area contributed by atoms with Crippen LogP contribution in [0.2, 0.25) is 0 Å². The number of hydrogen-bond donors (Lipinski definition) is 0. The summed E-state index contributed by atoms with van der Waals surface area (Å²) in [5.41, 5.74) is 0.747. The summed E-state index contributed by atoms with van der Waals surface area (Å²) in [5.74, 6) is -0.150. The van der Waals surface area contributed by atoms with E-state index in [1.54, 1.807) is 4.90 Å². The van der Waals surface area contributed by atoms with Crippen molar-refractivity contribution in [2.24, 2.45) is 5.41 Å². The maximum Gasteiger partial charge on any atom is 0.335 e. The number of esters is 1. The van der Waals surface area contributed by atoms with Crippen molar-refractivity contribution < 1.29 is 19.1 Å². The van der Waals surface area contributed by atoms with Crippen LogP contribution in [0.3, 0.4) is 0 Å². The number of fused-ring (bicyclic) bond motifs is 1. The minimum atomic E-state index is -0.330. The zero-order valence-corrected chi connectivity index (χ0v) is 13.2. The van der Waals surface area contributed by atoms with E-state index in [9.17, 15) is 9.59 Å². The van der Waals surface area contributed by atoms with Crippen LogP contribution < -0.4 is 0 Å². The predicted molar refractivity (Wildman–Crippen MR) is 76.3 cm³/mol. The number of carbonyl (C=O) groups excluding carboxylic acids is 2. The molecule has 21 heavy (non-hydrogen) atoms. The molecule has 0 aromatic rings. The van der Waals surface area contributed by atoms with Gasteiger partial charge in [0.15, 0.2) is 0 Å². The second kappa shape index (κ2) is 4.57. The van der Waals surface area contributed by atoms with Crippen molar-refractivity contribution in [1.82, 2.24) is 4.90 Å². The topological polar surface area (TPSA) is 55.8 Å². The molecule has 0 radical (unpaired) electrons. The van der Waals surface area contributed by atoms with Gasteiger partial charge in [-0.2, -0.15) is 0 Å². The molecule has 3 rings (SSSR count). The average Bonchev–Trinajstić information content (AvgIpc) is 3.06. The van der Waals surface area contributed by atoms with Crippen LogP contribution in [0.25, 0.3) is 0 Å². The molecule has 0 N–H and O–H groups in total. The summed E-state index contributed by atoms with van der Waals surface area (Å²) in [4.78, 5) is 26.6. The molecule has 2 heterocycles. The van der Waals surface area contributed by atoms with Gasteiger partial charge in [0.05, 0.1) is 29.4 Å².